The highest BCUT2D eigenvalue weighted by molar-refractivity contribution is 6.31. The first kappa shape index (κ1) is 15.2. The normalized spacial score (nSPS) is 11.9. The molecule has 1 amide bonds. The van der Waals surface area contributed by atoms with Crippen LogP contribution in [0.5, 0.6) is 0 Å². The lowest BCUT2D eigenvalue weighted by atomic mass is 10.1. The average molecular weight is 328 g/mol. The molecule has 0 saturated carbocycles. The summed E-state index contributed by atoms with van der Waals surface area (Å²) in [6.07, 6.45) is 0. The second kappa shape index (κ2) is 6.58. The largest absolute Gasteiger partial charge is 0.345 e. The Balaban J connectivity index is 1.72. The number of halogens is 1. The van der Waals surface area contributed by atoms with Gasteiger partial charge in [-0.15, -0.1) is 10.2 Å². The van der Waals surface area contributed by atoms with Crippen molar-refractivity contribution in [3.63, 3.8) is 0 Å². The molecule has 1 unspecified atom stereocenters. The Morgan fingerprint density at radius 2 is 1.91 bits per heavy atom. The number of nitrogens with one attached hydrogen (secondary N) is 2. The molecule has 7 heteroatoms. The molecular weight excluding hydrogens is 314 g/mol. The van der Waals surface area contributed by atoms with Gasteiger partial charge in [-0.25, -0.2) is 0 Å². The molecule has 1 heterocycles. The van der Waals surface area contributed by atoms with Gasteiger partial charge in [0.15, 0.2) is 0 Å². The minimum atomic E-state index is -0.187. The standard InChI is InChI=1S/C16H14ClN5O/c1-10(13-4-2-3-5-14(13)17)18-16(23)12-8-6-11(7-9-12)15-19-21-22-20-15/h2-10H,1H3,(H,18,23)(H,19,20,21,22). The van der Waals surface area contributed by atoms with Gasteiger partial charge >= 0.3 is 0 Å². The lowest BCUT2D eigenvalue weighted by Crippen LogP contribution is -2.26. The summed E-state index contributed by atoms with van der Waals surface area (Å²) in [4.78, 5) is 12.3. The van der Waals surface area contributed by atoms with E-state index in [1.165, 1.54) is 0 Å². The lowest BCUT2D eigenvalue weighted by Gasteiger charge is -2.15. The van der Waals surface area contributed by atoms with E-state index in [9.17, 15) is 4.79 Å². The first-order chi connectivity index (χ1) is 11.1. The predicted molar refractivity (Wildman–Crippen MR) is 86.9 cm³/mol. The van der Waals surface area contributed by atoms with Crippen molar-refractivity contribution in [3.8, 4) is 11.4 Å². The molecule has 0 fully saturated rings. The highest BCUT2D eigenvalue weighted by atomic mass is 35.5. The van der Waals surface area contributed by atoms with E-state index in [2.05, 4.69) is 25.9 Å². The number of hydrogen-bond donors (Lipinski definition) is 2. The topological polar surface area (TPSA) is 83.6 Å². The fourth-order valence-electron chi connectivity index (χ4n) is 2.24. The summed E-state index contributed by atoms with van der Waals surface area (Å²) in [6, 6.07) is 14.3. The van der Waals surface area contributed by atoms with E-state index in [-0.39, 0.29) is 11.9 Å². The molecule has 0 spiro atoms. The Hall–Kier alpha value is -2.73. The van der Waals surface area contributed by atoms with Crippen LogP contribution in [0.3, 0.4) is 0 Å². The molecule has 2 N–H and O–H groups in total. The van der Waals surface area contributed by atoms with Gasteiger partial charge in [0.2, 0.25) is 5.82 Å². The highest BCUT2D eigenvalue weighted by Crippen LogP contribution is 2.22. The first-order valence-corrected chi connectivity index (χ1v) is 7.42. The minimum Gasteiger partial charge on any atom is -0.345 e. The smallest absolute Gasteiger partial charge is 0.251 e. The van der Waals surface area contributed by atoms with Crippen LogP contribution in [0, 0.1) is 0 Å². The molecule has 0 bridgehead atoms. The molecular formula is C16H14ClN5O. The Labute approximate surface area is 137 Å². The minimum absolute atomic E-state index is 0.169. The van der Waals surface area contributed by atoms with Crippen LogP contribution in [0.15, 0.2) is 48.5 Å². The third kappa shape index (κ3) is 3.37. The SMILES string of the molecule is CC(NC(=O)c1ccc(-c2nn[nH]n2)cc1)c1ccccc1Cl. The molecule has 23 heavy (non-hydrogen) atoms. The molecule has 0 aliphatic carbocycles. The Morgan fingerprint density at radius 1 is 1.17 bits per heavy atom. The number of rotatable bonds is 4. The monoisotopic (exact) mass is 327 g/mol. The summed E-state index contributed by atoms with van der Waals surface area (Å²) < 4.78 is 0. The summed E-state index contributed by atoms with van der Waals surface area (Å²) >= 11 is 6.15. The molecule has 0 aliphatic rings. The second-order valence-electron chi connectivity index (χ2n) is 5.03. The third-order valence-electron chi connectivity index (χ3n) is 3.47. The summed E-state index contributed by atoms with van der Waals surface area (Å²) in [5.41, 5.74) is 2.22. The number of hydrogen-bond acceptors (Lipinski definition) is 4. The van der Waals surface area contributed by atoms with Crippen molar-refractivity contribution in [2.24, 2.45) is 0 Å². The van der Waals surface area contributed by atoms with E-state index in [4.69, 9.17) is 11.6 Å². The summed E-state index contributed by atoms with van der Waals surface area (Å²) in [7, 11) is 0. The van der Waals surface area contributed by atoms with Crippen LogP contribution >= 0.6 is 11.6 Å². The van der Waals surface area contributed by atoms with Crippen molar-refractivity contribution in [1.82, 2.24) is 25.9 Å². The fourth-order valence-corrected chi connectivity index (χ4v) is 2.54. The molecule has 0 radical (unpaired) electrons. The maximum absolute atomic E-state index is 12.3. The van der Waals surface area contributed by atoms with E-state index in [0.29, 0.717) is 16.4 Å². The Bertz CT molecular complexity index is 802. The Kier molecular flexibility index (Phi) is 4.34. The van der Waals surface area contributed by atoms with Gasteiger partial charge in [-0.2, -0.15) is 5.21 Å². The fraction of sp³-hybridized carbons (Fsp3) is 0.125. The van der Waals surface area contributed by atoms with Gasteiger partial charge in [-0.05, 0) is 35.9 Å². The van der Waals surface area contributed by atoms with Crippen molar-refractivity contribution >= 4 is 17.5 Å². The first-order valence-electron chi connectivity index (χ1n) is 7.04. The maximum atomic E-state index is 12.3. The second-order valence-corrected chi connectivity index (χ2v) is 5.44. The average Bonchev–Trinajstić information content (AvgIpc) is 3.09. The number of carbonyl (C=O) groups excluding carboxylic acids is 1. The molecule has 1 aromatic heterocycles. The summed E-state index contributed by atoms with van der Waals surface area (Å²) in [5.74, 6) is 0.318. The molecule has 2 aromatic carbocycles. The number of carbonyl (C=O) groups is 1. The zero-order valence-corrected chi connectivity index (χ0v) is 13.1. The van der Waals surface area contributed by atoms with E-state index >= 15 is 0 Å². The number of nitrogens with zero attached hydrogens (tertiary/aromatic N) is 3. The van der Waals surface area contributed by atoms with Gasteiger partial charge in [-0.1, -0.05) is 41.9 Å². The molecule has 116 valence electrons. The summed E-state index contributed by atoms with van der Waals surface area (Å²) in [6.45, 7) is 1.90. The molecule has 6 nitrogen and oxygen atoms in total. The van der Waals surface area contributed by atoms with Crippen LogP contribution in [0.25, 0.3) is 11.4 Å². The van der Waals surface area contributed by atoms with Crippen LogP contribution in [0.1, 0.15) is 28.9 Å². The molecule has 1 atom stereocenters. The molecule has 0 aliphatic heterocycles. The molecule has 3 aromatic rings. The lowest BCUT2D eigenvalue weighted by molar-refractivity contribution is 0.0940. The number of amides is 1. The number of benzene rings is 2. The number of aromatic nitrogens is 4. The van der Waals surface area contributed by atoms with Crippen LogP contribution in [0.2, 0.25) is 5.02 Å². The maximum Gasteiger partial charge on any atom is 0.251 e. The van der Waals surface area contributed by atoms with E-state index < -0.39 is 0 Å². The van der Waals surface area contributed by atoms with E-state index in [1.54, 1.807) is 30.3 Å². The number of tetrazole rings is 1. The van der Waals surface area contributed by atoms with Gasteiger partial charge in [-0.3, -0.25) is 4.79 Å². The van der Waals surface area contributed by atoms with E-state index in [0.717, 1.165) is 11.1 Å². The zero-order chi connectivity index (χ0) is 16.2. The van der Waals surface area contributed by atoms with Crippen LogP contribution < -0.4 is 5.32 Å². The van der Waals surface area contributed by atoms with Crippen molar-refractivity contribution in [1.29, 1.82) is 0 Å². The van der Waals surface area contributed by atoms with Gasteiger partial charge in [0.25, 0.3) is 5.91 Å². The van der Waals surface area contributed by atoms with Gasteiger partial charge < -0.3 is 5.32 Å². The molecule has 3 rings (SSSR count). The van der Waals surface area contributed by atoms with E-state index in [1.807, 2.05) is 25.1 Å². The summed E-state index contributed by atoms with van der Waals surface area (Å²) in [5, 5.41) is 17.3. The quantitative estimate of drug-likeness (QED) is 0.771. The van der Waals surface area contributed by atoms with Crippen LogP contribution in [-0.2, 0) is 0 Å². The highest BCUT2D eigenvalue weighted by Gasteiger charge is 2.14. The number of H-pyrrole nitrogens is 1. The van der Waals surface area contributed by atoms with Gasteiger partial charge in [0, 0.05) is 16.1 Å². The van der Waals surface area contributed by atoms with Crippen molar-refractivity contribution in [3.05, 3.63) is 64.7 Å². The Morgan fingerprint density at radius 3 is 2.57 bits per heavy atom. The van der Waals surface area contributed by atoms with Crippen LogP contribution in [-0.4, -0.2) is 26.5 Å². The third-order valence-corrected chi connectivity index (χ3v) is 3.81. The van der Waals surface area contributed by atoms with Gasteiger partial charge in [0.1, 0.15) is 0 Å². The zero-order valence-electron chi connectivity index (χ0n) is 12.3. The van der Waals surface area contributed by atoms with Crippen molar-refractivity contribution < 1.29 is 4.79 Å². The van der Waals surface area contributed by atoms with Gasteiger partial charge in [0.05, 0.1) is 6.04 Å². The van der Waals surface area contributed by atoms with Crippen molar-refractivity contribution in [2.45, 2.75) is 13.0 Å². The predicted octanol–water partition coefficient (Wildman–Crippen LogP) is 3.01. The molecule has 0 saturated heterocycles. The van der Waals surface area contributed by atoms with Crippen LogP contribution in [0.4, 0.5) is 0 Å². The number of aromatic amines is 1. The van der Waals surface area contributed by atoms with Crippen molar-refractivity contribution in [2.75, 3.05) is 0 Å².